The first-order chi connectivity index (χ1) is 10.3. The molecule has 0 aliphatic carbocycles. The molecule has 1 aliphatic heterocycles. The van der Waals surface area contributed by atoms with Gasteiger partial charge in [0.15, 0.2) is 5.96 Å². The van der Waals surface area contributed by atoms with Crippen LogP contribution in [-0.4, -0.2) is 43.6 Å². The molecule has 6 heteroatoms. The van der Waals surface area contributed by atoms with Gasteiger partial charge in [-0.1, -0.05) is 6.92 Å². The summed E-state index contributed by atoms with van der Waals surface area (Å²) >= 11 is 0. The van der Waals surface area contributed by atoms with E-state index in [2.05, 4.69) is 34.4 Å². The smallest absolute Gasteiger partial charge is 0.191 e. The average molecular weight is 420 g/mol. The van der Waals surface area contributed by atoms with Crippen LogP contribution in [0.3, 0.4) is 0 Å². The maximum Gasteiger partial charge on any atom is 0.191 e. The lowest BCUT2D eigenvalue weighted by molar-refractivity contribution is 0.324. The minimum Gasteiger partial charge on any atom is -0.467 e. The summed E-state index contributed by atoms with van der Waals surface area (Å²) in [5.41, 5.74) is 0. The van der Waals surface area contributed by atoms with E-state index in [0.29, 0.717) is 6.54 Å². The molecule has 0 aromatic carbocycles. The predicted octanol–water partition coefficient (Wildman–Crippen LogP) is 2.68. The highest BCUT2D eigenvalue weighted by atomic mass is 127. The molecule has 1 aromatic heterocycles. The quantitative estimate of drug-likeness (QED) is 0.405. The molecule has 1 atom stereocenters. The number of furan rings is 1. The molecule has 1 unspecified atom stereocenters. The number of nitrogens with zero attached hydrogens (tertiary/aromatic N) is 2. The van der Waals surface area contributed by atoms with Crippen LogP contribution in [0.15, 0.2) is 27.8 Å². The second-order valence-electron chi connectivity index (χ2n) is 5.61. The third kappa shape index (κ3) is 6.56. The van der Waals surface area contributed by atoms with Gasteiger partial charge in [0.25, 0.3) is 0 Å². The molecular formula is C16H29IN4O. The van der Waals surface area contributed by atoms with Crippen molar-refractivity contribution in [1.29, 1.82) is 0 Å². The maximum absolute atomic E-state index is 5.31. The zero-order valence-corrected chi connectivity index (χ0v) is 16.0. The van der Waals surface area contributed by atoms with Gasteiger partial charge in [0, 0.05) is 19.6 Å². The molecule has 1 fully saturated rings. The number of halogens is 1. The van der Waals surface area contributed by atoms with Gasteiger partial charge in [0.05, 0.1) is 6.26 Å². The number of likely N-dealkylation sites (tertiary alicyclic amines) is 1. The summed E-state index contributed by atoms with van der Waals surface area (Å²) in [6, 6.07) is 3.85. The van der Waals surface area contributed by atoms with Gasteiger partial charge >= 0.3 is 0 Å². The van der Waals surface area contributed by atoms with Crippen molar-refractivity contribution in [3.8, 4) is 0 Å². The molecule has 0 amide bonds. The molecule has 0 saturated carbocycles. The van der Waals surface area contributed by atoms with E-state index in [1.165, 1.54) is 32.5 Å². The van der Waals surface area contributed by atoms with E-state index in [9.17, 15) is 0 Å². The van der Waals surface area contributed by atoms with Crippen LogP contribution in [0.5, 0.6) is 0 Å². The number of rotatable bonds is 7. The third-order valence-electron chi connectivity index (χ3n) is 3.79. The van der Waals surface area contributed by atoms with Crippen LogP contribution in [0.4, 0.5) is 0 Å². The Morgan fingerprint density at radius 1 is 1.41 bits per heavy atom. The Labute approximate surface area is 150 Å². The van der Waals surface area contributed by atoms with Crippen LogP contribution < -0.4 is 10.6 Å². The van der Waals surface area contributed by atoms with Crippen molar-refractivity contribution in [3.63, 3.8) is 0 Å². The van der Waals surface area contributed by atoms with Crippen LogP contribution in [-0.2, 0) is 6.54 Å². The lowest BCUT2D eigenvalue weighted by Crippen LogP contribution is -2.40. The normalized spacial score (nSPS) is 19.0. The Bertz CT molecular complexity index is 422. The van der Waals surface area contributed by atoms with E-state index in [4.69, 9.17) is 4.42 Å². The van der Waals surface area contributed by atoms with Crippen molar-refractivity contribution in [2.24, 2.45) is 10.9 Å². The Balaban J connectivity index is 0.00000242. The molecule has 2 rings (SSSR count). The van der Waals surface area contributed by atoms with Crippen molar-refractivity contribution < 1.29 is 4.42 Å². The standard InChI is InChI=1S/C16H28N4O.HI/c1-3-8-20-9-7-14(13-20)11-18-16(17-4-2)19-12-15-6-5-10-21-15;/h5-6,10,14H,3-4,7-9,11-13H2,1-2H3,(H2,17,18,19);1H. The molecule has 1 aromatic rings. The SMILES string of the molecule is CCCN1CCC(CNC(=NCc2ccco2)NCC)C1.I. The summed E-state index contributed by atoms with van der Waals surface area (Å²) in [5, 5.41) is 6.75. The minimum absolute atomic E-state index is 0. The Hall–Kier alpha value is -0.760. The number of nitrogens with one attached hydrogen (secondary N) is 2. The number of aliphatic imine (C=N–C) groups is 1. The molecule has 126 valence electrons. The van der Waals surface area contributed by atoms with Crippen molar-refractivity contribution in [3.05, 3.63) is 24.2 Å². The summed E-state index contributed by atoms with van der Waals surface area (Å²) in [6.07, 6.45) is 4.21. The topological polar surface area (TPSA) is 52.8 Å². The molecule has 2 heterocycles. The molecule has 0 spiro atoms. The van der Waals surface area contributed by atoms with Crippen molar-refractivity contribution in [1.82, 2.24) is 15.5 Å². The van der Waals surface area contributed by atoms with Crippen LogP contribution in [0, 0.1) is 5.92 Å². The number of hydrogen-bond acceptors (Lipinski definition) is 3. The largest absolute Gasteiger partial charge is 0.467 e. The molecule has 2 N–H and O–H groups in total. The van der Waals surface area contributed by atoms with E-state index >= 15 is 0 Å². The first kappa shape index (κ1) is 19.3. The van der Waals surface area contributed by atoms with Gasteiger partial charge in [0.2, 0.25) is 0 Å². The highest BCUT2D eigenvalue weighted by Crippen LogP contribution is 2.15. The summed E-state index contributed by atoms with van der Waals surface area (Å²) in [4.78, 5) is 7.11. The van der Waals surface area contributed by atoms with Gasteiger partial charge in [0.1, 0.15) is 12.3 Å². The molecule has 1 aliphatic rings. The minimum atomic E-state index is 0. The van der Waals surface area contributed by atoms with Gasteiger partial charge in [-0.15, -0.1) is 24.0 Å². The van der Waals surface area contributed by atoms with Crippen molar-refractivity contribution in [2.75, 3.05) is 32.7 Å². The van der Waals surface area contributed by atoms with Crippen LogP contribution in [0.1, 0.15) is 32.4 Å². The fourth-order valence-corrected chi connectivity index (χ4v) is 2.74. The maximum atomic E-state index is 5.31. The van der Waals surface area contributed by atoms with Crippen LogP contribution >= 0.6 is 24.0 Å². The van der Waals surface area contributed by atoms with Gasteiger partial charge in [-0.25, -0.2) is 4.99 Å². The Morgan fingerprint density at radius 2 is 2.27 bits per heavy atom. The molecular weight excluding hydrogens is 391 g/mol. The van der Waals surface area contributed by atoms with E-state index in [1.807, 2.05) is 12.1 Å². The summed E-state index contributed by atoms with van der Waals surface area (Å²) in [6.45, 7) is 10.4. The van der Waals surface area contributed by atoms with E-state index < -0.39 is 0 Å². The third-order valence-corrected chi connectivity index (χ3v) is 3.79. The second kappa shape index (κ2) is 10.9. The lowest BCUT2D eigenvalue weighted by atomic mass is 10.1. The van der Waals surface area contributed by atoms with Gasteiger partial charge < -0.3 is 20.0 Å². The molecule has 1 saturated heterocycles. The number of hydrogen-bond donors (Lipinski definition) is 2. The molecule has 0 bridgehead atoms. The van der Waals surface area contributed by atoms with E-state index in [-0.39, 0.29) is 24.0 Å². The van der Waals surface area contributed by atoms with Crippen molar-refractivity contribution in [2.45, 2.75) is 33.2 Å². The zero-order chi connectivity index (χ0) is 14.9. The fourth-order valence-electron chi connectivity index (χ4n) is 2.74. The first-order valence-corrected chi connectivity index (χ1v) is 8.08. The summed E-state index contributed by atoms with van der Waals surface area (Å²) in [5.74, 6) is 2.49. The zero-order valence-electron chi connectivity index (χ0n) is 13.7. The predicted molar refractivity (Wildman–Crippen MR) is 102 cm³/mol. The first-order valence-electron chi connectivity index (χ1n) is 8.08. The Morgan fingerprint density at radius 3 is 2.95 bits per heavy atom. The van der Waals surface area contributed by atoms with Crippen molar-refractivity contribution >= 4 is 29.9 Å². The second-order valence-corrected chi connectivity index (χ2v) is 5.61. The van der Waals surface area contributed by atoms with E-state index in [0.717, 1.165) is 30.7 Å². The highest BCUT2D eigenvalue weighted by molar-refractivity contribution is 14.0. The molecule has 22 heavy (non-hydrogen) atoms. The summed E-state index contributed by atoms with van der Waals surface area (Å²) in [7, 11) is 0. The fraction of sp³-hybridized carbons (Fsp3) is 0.688. The Kier molecular flexibility index (Phi) is 9.54. The average Bonchev–Trinajstić information content (AvgIpc) is 3.14. The lowest BCUT2D eigenvalue weighted by Gasteiger charge is -2.16. The van der Waals surface area contributed by atoms with Gasteiger partial charge in [-0.3, -0.25) is 0 Å². The van der Waals surface area contributed by atoms with Crippen LogP contribution in [0.25, 0.3) is 0 Å². The number of guanidine groups is 1. The summed E-state index contributed by atoms with van der Waals surface area (Å²) < 4.78 is 5.31. The van der Waals surface area contributed by atoms with Crippen LogP contribution in [0.2, 0.25) is 0 Å². The monoisotopic (exact) mass is 420 g/mol. The highest BCUT2D eigenvalue weighted by Gasteiger charge is 2.21. The van der Waals surface area contributed by atoms with Gasteiger partial charge in [-0.2, -0.15) is 0 Å². The van der Waals surface area contributed by atoms with Gasteiger partial charge in [-0.05, 0) is 50.9 Å². The molecule has 0 radical (unpaired) electrons. The van der Waals surface area contributed by atoms with E-state index in [1.54, 1.807) is 6.26 Å². The molecule has 5 nitrogen and oxygen atoms in total.